The van der Waals surface area contributed by atoms with Crippen LogP contribution in [0.2, 0.25) is 0 Å². The number of carbonyl (C=O) groups is 1. The molecule has 172 valence electrons. The zero-order valence-electron chi connectivity index (χ0n) is 18.7. The third-order valence-electron chi connectivity index (χ3n) is 6.01. The molecule has 0 saturated carbocycles. The Hall–Kier alpha value is -3.75. The number of hydrogen-bond acceptors (Lipinski definition) is 4. The van der Waals surface area contributed by atoms with E-state index >= 15 is 0 Å². The largest absolute Gasteiger partial charge is 0.322 e. The maximum absolute atomic E-state index is 13.3. The number of sulfonamides is 1. The molecule has 0 atom stereocenters. The van der Waals surface area contributed by atoms with Crippen LogP contribution in [0.1, 0.15) is 27.2 Å². The molecule has 1 amide bonds. The summed E-state index contributed by atoms with van der Waals surface area (Å²) < 4.78 is 29.9. The third-order valence-corrected chi connectivity index (χ3v) is 7.85. The highest BCUT2D eigenvalue weighted by atomic mass is 32.2. The highest BCUT2D eigenvalue weighted by molar-refractivity contribution is 7.89. The zero-order valence-corrected chi connectivity index (χ0v) is 19.5. The minimum atomic E-state index is -3.73. The van der Waals surface area contributed by atoms with Crippen molar-refractivity contribution < 1.29 is 13.2 Å². The zero-order chi connectivity index (χ0) is 23.7. The van der Waals surface area contributed by atoms with Gasteiger partial charge in [-0.25, -0.2) is 13.1 Å². The van der Waals surface area contributed by atoms with Crippen molar-refractivity contribution in [2.75, 3.05) is 11.9 Å². The number of rotatable bonds is 5. The van der Waals surface area contributed by atoms with Gasteiger partial charge in [-0.3, -0.25) is 4.79 Å². The fourth-order valence-electron chi connectivity index (χ4n) is 4.18. The van der Waals surface area contributed by atoms with Crippen LogP contribution in [0.5, 0.6) is 0 Å². The molecule has 1 aliphatic heterocycles. The number of nitrogens with one attached hydrogen (secondary N) is 1. The highest BCUT2D eigenvalue weighted by Crippen LogP contribution is 2.25. The molecule has 2 heterocycles. The van der Waals surface area contributed by atoms with Crippen molar-refractivity contribution in [3.63, 3.8) is 0 Å². The minimum absolute atomic E-state index is 0.112. The molecule has 0 unspecified atom stereocenters. The fourth-order valence-corrected chi connectivity index (χ4v) is 5.65. The van der Waals surface area contributed by atoms with Crippen molar-refractivity contribution in [2.24, 2.45) is 0 Å². The van der Waals surface area contributed by atoms with Crippen molar-refractivity contribution in [1.82, 2.24) is 14.1 Å². The quantitative estimate of drug-likeness (QED) is 0.472. The average molecular weight is 473 g/mol. The third kappa shape index (κ3) is 4.25. The summed E-state index contributed by atoms with van der Waals surface area (Å²) in [5.41, 5.74) is 4.86. The van der Waals surface area contributed by atoms with E-state index in [1.807, 2.05) is 55.5 Å². The van der Waals surface area contributed by atoms with Crippen molar-refractivity contribution in [3.8, 4) is 5.69 Å². The number of aromatic nitrogens is 2. The molecular weight excluding hydrogens is 448 g/mol. The molecule has 0 radical (unpaired) electrons. The van der Waals surface area contributed by atoms with Crippen LogP contribution in [0.25, 0.3) is 5.69 Å². The van der Waals surface area contributed by atoms with Crippen LogP contribution in [0.4, 0.5) is 5.69 Å². The Morgan fingerprint density at radius 2 is 1.74 bits per heavy atom. The average Bonchev–Trinajstić information content (AvgIpc) is 3.30. The van der Waals surface area contributed by atoms with Gasteiger partial charge >= 0.3 is 0 Å². The maximum atomic E-state index is 13.3. The summed E-state index contributed by atoms with van der Waals surface area (Å²) in [6, 6.07) is 23.3. The number of hydrogen-bond donors (Lipinski definition) is 1. The Kier molecular flexibility index (Phi) is 5.77. The van der Waals surface area contributed by atoms with Gasteiger partial charge in [-0.05, 0) is 66.9 Å². The van der Waals surface area contributed by atoms with E-state index in [-0.39, 0.29) is 16.4 Å². The van der Waals surface area contributed by atoms with E-state index in [0.717, 1.165) is 16.9 Å². The first kappa shape index (κ1) is 22.1. The van der Waals surface area contributed by atoms with Crippen LogP contribution < -0.4 is 5.32 Å². The summed E-state index contributed by atoms with van der Waals surface area (Å²) in [7, 11) is -3.73. The summed E-state index contributed by atoms with van der Waals surface area (Å²) in [5.74, 6) is -0.379. The van der Waals surface area contributed by atoms with Gasteiger partial charge in [-0.1, -0.05) is 36.4 Å². The van der Waals surface area contributed by atoms with Crippen LogP contribution in [-0.4, -0.2) is 35.0 Å². The van der Waals surface area contributed by atoms with E-state index in [2.05, 4.69) is 10.4 Å². The van der Waals surface area contributed by atoms with E-state index in [1.165, 1.54) is 22.0 Å². The van der Waals surface area contributed by atoms with E-state index in [1.54, 1.807) is 29.1 Å². The van der Waals surface area contributed by atoms with E-state index in [4.69, 9.17) is 0 Å². The number of benzene rings is 3. The van der Waals surface area contributed by atoms with E-state index < -0.39 is 10.0 Å². The summed E-state index contributed by atoms with van der Waals surface area (Å²) in [5, 5.41) is 7.16. The molecule has 5 rings (SSSR count). The number of carbonyl (C=O) groups excluding carboxylic acids is 1. The minimum Gasteiger partial charge on any atom is -0.322 e. The molecule has 8 heteroatoms. The SMILES string of the molecule is Cc1ccnn1-c1cccc(NC(=O)c2cccc(S(=O)(=O)N3CCc4ccccc4C3)c2)c1. The van der Waals surface area contributed by atoms with Crippen LogP contribution >= 0.6 is 0 Å². The number of anilines is 1. The van der Waals surface area contributed by atoms with Gasteiger partial charge in [-0.15, -0.1) is 0 Å². The molecule has 1 aromatic heterocycles. The van der Waals surface area contributed by atoms with Crippen LogP contribution in [0.3, 0.4) is 0 Å². The van der Waals surface area contributed by atoms with Crippen LogP contribution in [-0.2, 0) is 23.0 Å². The predicted molar refractivity (Wildman–Crippen MR) is 130 cm³/mol. The normalized spacial score (nSPS) is 13.9. The number of aryl methyl sites for hydroxylation is 1. The Labute approximate surface area is 198 Å². The van der Waals surface area contributed by atoms with Gasteiger partial charge in [0.15, 0.2) is 0 Å². The molecule has 1 aliphatic rings. The summed E-state index contributed by atoms with van der Waals surface area (Å²) in [6.45, 7) is 2.69. The number of fused-ring (bicyclic) bond motifs is 1. The Bertz CT molecular complexity index is 1480. The molecule has 0 aliphatic carbocycles. The molecule has 0 fully saturated rings. The topological polar surface area (TPSA) is 84.3 Å². The van der Waals surface area contributed by atoms with Crippen LogP contribution in [0, 0.1) is 6.92 Å². The van der Waals surface area contributed by atoms with Crippen molar-refractivity contribution in [2.45, 2.75) is 24.8 Å². The van der Waals surface area contributed by atoms with E-state index in [0.29, 0.717) is 25.2 Å². The molecule has 4 aromatic rings. The molecule has 0 saturated heterocycles. The van der Waals surface area contributed by atoms with E-state index in [9.17, 15) is 13.2 Å². The monoisotopic (exact) mass is 472 g/mol. The number of amides is 1. The maximum Gasteiger partial charge on any atom is 0.255 e. The smallest absolute Gasteiger partial charge is 0.255 e. The summed E-state index contributed by atoms with van der Waals surface area (Å²) in [6.07, 6.45) is 2.38. The van der Waals surface area contributed by atoms with Crippen LogP contribution in [0.15, 0.2) is 90.0 Å². The molecule has 34 heavy (non-hydrogen) atoms. The lowest BCUT2D eigenvalue weighted by Gasteiger charge is -2.28. The molecular formula is C26H24N4O3S. The molecule has 1 N–H and O–H groups in total. The first-order valence-corrected chi connectivity index (χ1v) is 12.5. The van der Waals surface area contributed by atoms with Gasteiger partial charge in [-0.2, -0.15) is 9.40 Å². The van der Waals surface area contributed by atoms with Gasteiger partial charge in [0.2, 0.25) is 10.0 Å². The lowest BCUT2D eigenvalue weighted by molar-refractivity contribution is 0.102. The second kappa shape index (κ2) is 8.89. The molecule has 0 bridgehead atoms. The Morgan fingerprint density at radius 1 is 0.941 bits per heavy atom. The number of nitrogens with zero attached hydrogens (tertiary/aromatic N) is 3. The standard InChI is InChI=1S/C26H24N4O3S/c1-19-12-14-27-30(19)24-10-5-9-23(17-24)28-26(31)21-8-4-11-25(16-21)34(32,33)29-15-13-20-6-2-3-7-22(20)18-29/h2-12,14,16-17H,13,15,18H2,1H3,(H,28,31). The fraction of sp³-hybridized carbons (Fsp3) is 0.154. The van der Waals surface area contributed by atoms with Crippen molar-refractivity contribution in [3.05, 3.63) is 107 Å². The lowest BCUT2D eigenvalue weighted by Crippen LogP contribution is -2.36. The van der Waals surface area contributed by atoms with Gasteiger partial charge in [0, 0.05) is 36.2 Å². The first-order chi connectivity index (χ1) is 16.4. The molecule has 0 spiro atoms. The highest BCUT2D eigenvalue weighted by Gasteiger charge is 2.28. The summed E-state index contributed by atoms with van der Waals surface area (Å²) >= 11 is 0. The molecule has 7 nitrogen and oxygen atoms in total. The van der Waals surface area contributed by atoms with Gasteiger partial charge in [0.1, 0.15) is 0 Å². The molecule has 3 aromatic carbocycles. The first-order valence-electron chi connectivity index (χ1n) is 11.0. The second-order valence-corrected chi connectivity index (χ2v) is 10.2. The Morgan fingerprint density at radius 3 is 2.53 bits per heavy atom. The van der Waals surface area contributed by atoms with Crippen molar-refractivity contribution >= 4 is 21.6 Å². The Balaban J connectivity index is 1.36. The second-order valence-electron chi connectivity index (χ2n) is 8.27. The summed E-state index contributed by atoms with van der Waals surface area (Å²) in [4.78, 5) is 13.1. The predicted octanol–water partition coefficient (Wildman–Crippen LogP) is 4.18. The van der Waals surface area contributed by atoms with Crippen molar-refractivity contribution in [1.29, 1.82) is 0 Å². The lowest BCUT2D eigenvalue weighted by atomic mass is 10.0. The van der Waals surface area contributed by atoms with Gasteiger partial charge in [0.05, 0.1) is 10.6 Å². The van der Waals surface area contributed by atoms with Gasteiger partial charge in [0.25, 0.3) is 5.91 Å². The van der Waals surface area contributed by atoms with Gasteiger partial charge < -0.3 is 5.32 Å².